The standard InChI is InChI=1S/C22H22F3N3O3/c1-30-16-10-8-15(9-11-16)27-19-6-3-7-20(18(19)13-26)28-21(29)14-4-2-5-17(12-14)31-22(23,24)25/h2,4-5,8-13,20H,3,6-7,26H2,1H3,(H,28,29)/b18-13+,27-19?. The number of hydrogen-bond acceptors (Lipinski definition) is 5. The van der Waals surface area contributed by atoms with E-state index in [-0.39, 0.29) is 5.56 Å². The van der Waals surface area contributed by atoms with Crippen molar-refractivity contribution < 1.29 is 27.4 Å². The third-order valence-electron chi connectivity index (χ3n) is 4.77. The number of nitrogens with one attached hydrogen (secondary N) is 1. The van der Waals surface area contributed by atoms with Gasteiger partial charge >= 0.3 is 6.36 Å². The molecule has 3 rings (SSSR count). The molecule has 2 aromatic carbocycles. The van der Waals surface area contributed by atoms with E-state index in [1.54, 1.807) is 19.2 Å². The number of benzene rings is 2. The second-order valence-electron chi connectivity index (χ2n) is 6.87. The van der Waals surface area contributed by atoms with E-state index in [1.165, 1.54) is 18.3 Å². The van der Waals surface area contributed by atoms with Crippen molar-refractivity contribution in [1.82, 2.24) is 5.32 Å². The van der Waals surface area contributed by atoms with Crippen LogP contribution in [0.4, 0.5) is 18.9 Å². The van der Waals surface area contributed by atoms with Crippen LogP contribution in [0.15, 0.2) is 65.3 Å². The summed E-state index contributed by atoms with van der Waals surface area (Å²) >= 11 is 0. The molecule has 3 N–H and O–H groups in total. The van der Waals surface area contributed by atoms with Crippen LogP contribution in [-0.2, 0) is 0 Å². The number of hydrogen-bond donors (Lipinski definition) is 2. The summed E-state index contributed by atoms with van der Waals surface area (Å²) in [6, 6.07) is 11.7. The first-order valence-corrected chi connectivity index (χ1v) is 9.59. The molecule has 2 aromatic rings. The fourth-order valence-electron chi connectivity index (χ4n) is 3.35. The van der Waals surface area contributed by atoms with E-state index in [0.717, 1.165) is 30.0 Å². The zero-order valence-electron chi connectivity index (χ0n) is 16.8. The molecule has 1 amide bonds. The van der Waals surface area contributed by atoms with Gasteiger partial charge in [-0.25, -0.2) is 0 Å². The van der Waals surface area contributed by atoms with Crippen molar-refractivity contribution in [3.63, 3.8) is 0 Å². The van der Waals surface area contributed by atoms with Crippen LogP contribution in [-0.4, -0.2) is 31.1 Å². The minimum atomic E-state index is -4.83. The predicted molar refractivity (Wildman–Crippen MR) is 111 cm³/mol. The minimum absolute atomic E-state index is 0.0531. The Kier molecular flexibility index (Phi) is 6.84. The molecule has 1 atom stereocenters. The molecule has 1 saturated carbocycles. The molecular formula is C22H22F3N3O3. The molecule has 0 bridgehead atoms. The second-order valence-corrected chi connectivity index (χ2v) is 6.87. The number of methoxy groups -OCH3 is 1. The third kappa shape index (κ3) is 6.00. The van der Waals surface area contributed by atoms with Gasteiger partial charge in [-0.1, -0.05) is 6.07 Å². The molecule has 0 saturated heterocycles. The van der Waals surface area contributed by atoms with Crippen molar-refractivity contribution in [3.8, 4) is 11.5 Å². The third-order valence-corrected chi connectivity index (χ3v) is 4.77. The van der Waals surface area contributed by atoms with Crippen LogP contribution < -0.4 is 20.5 Å². The van der Waals surface area contributed by atoms with Gasteiger partial charge in [-0.15, -0.1) is 13.2 Å². The number of halogens is 3. The Morgan fingerprint density at radius 3 is 2.58 bits per heavy atom. The monoisotopic (exact) mass is 433 g/mol. The Labute approximate surface area is 177 Å². The Balaban J connectivity index is 1.75. The molecule has 0 heterocycles. The molecule has 1 aliphatic carbocycles. The van der Waals surface area contributed by atoms with E-state index < -0.39 is 24.1 Å². The SMILES string of the molecule is COc1ccc(N=C2CCCC(NC(=O)c3cccc(OC(F)(F)F)c3)/C2=C/N)cc1. The van der Waals surface area contributed by atoms with Crippen LogP contribution in [0.1, 0.15) is 29.6 Å². The van der Waals surface area contributed by atoms with Crippen LogP contribution in [0.3, 0.4) is 0 Å². The van der Waals surface area contributed by atoms with Crippen molar-refractivity contribution in [3.05, 3.63) is 65.9 Å². The first-order valence-electron chi connectivity index (χ1n) is 9.59. The Bertz CT molecular complexity index is 985. The summed E-state index contributed by atoms with van der Waals surface area (Å²) in [7, 11) is 1.58. The topological polar surface area (TPSA) is 85.9 Å². The smallest absolute Gasteiger partial charge is 0.497 e. The molecule has 9 heteroatoms. The fourth-order valence-corrected chi connectivity index (χ4v) is 3.35. The van der Waals surface area contributed by atoms with Gasteiger partial charge in [0, 0.05) is 23.0 Å². The van der Waals surface area contributed by atoms with Gasteiger partial charge in [0.1, 0.15) is 11.5 Å². The van der Waals surface area contributed by atoms with Crippen LogP contribution in [0.25, 0.3) is 0 Å². The molecule has 6 nitrogen and oxygen atoms in total. The van der Waals surface area contributed by atoms with E-state index in [2.05, 4.69) is 15.0 Å². The van der Waals surface area contributed by atoms with Gasteiger partial charge in [0.2, 0.25) is 0 Å². The quantitative estimate of drug-likeness (QED) is 0.728. The number of carbonyl (C=O) groups is 1. The molecule has 1 aliphatic rings. The van der Waals surface area contributed by atoms with Crippen molar-refractivity contribution in [2.75, 3.05) is 7.11 Å². The van der Waals surface area contributed by atoms with Crippen molar-refractivity contribution in [2.45, 2.75) is 31.7 Å². The van der Waals surface area contributed by atoms with Crippen LogP contribution in [0.2, 0.25) is 0 Å². The number of rotatable bonds is 5. The van der Waals surface area contributed by atoms with Gasteiger partial charge in [0.25, 0.3) is 5.91 Å². The fraction of sp³-hybridized carbons (Fsp3) is 0.273. The number of carbonyl (C=O) groups excluding carboxylic acids is 1. The van der Waals surface area contributed by atoms with E-state index in [0.29, 0.717) is 24.2 Å². The zero-order valence-corrected chi connectivity index (χ0v) is 16.8. The molecule has 1 fully saturated rings. The van der Waals surface area contributed by atoms with Gasteiger partial charge in [0.05, 0.1) is 18.8 Å². The highest BCUT2D eigenvalue weighted by atomic mass is 19.4. The Morgan fingerprint density at radius 1 is 1.19 bits per heavy atom. The highest BCUT2D eigenvalue weighted by molar-refractivity contribution is 6.04. The van der Waals surface area contributed by atoms with Gasteiger partial charge in [0.15, 0.2) is 0 Å². The number of nitrogens with two attached hydrogens (primary N) is 1. The summed E-state index contributed by atoms with van der Waals surface area (Å²) in [6.45, 7) is 0. The zero-order chi connectivity index (χ0) is 22.4. The maximum Gasteiger partial charge on any atom is 0.573 e. The predicted octanol–water partition coefficient (Wildman–Crippen LogP) is 4.49. The highest BCUT2D eigenvalue weighted by Crippen LogP contribution is 2.27. The second kappa shape index (κ2) is 9.55. The average molecular weight is 433 g/mol. The lowest BCUT2D eigenvalue weighted by Gasteiger charge is -2.27. The van der Waals surface area contributed by atoms with Crippen LogP contribution >= 0.6 is 0 Å². The maximum atomic E-state index is 12.7. The van der Waals surface area contributed by atoms with Crippen LogP contribution in [0, 0.1) is 0 Å². The number of alkyl halides is 3. The molecule has 0 aliphatic heterocycles. The van der Waals surface area contributed by atoms with E-state index in [1.807, 2.05) is 12.1 Å². The van der Waals surface area contributed by atoms with Crippen molar-refractivity contribution >= 4 is 17.3 Å². The Morgan fingerprint density at radius 2 is 1.94 bits per heavy atom. The molecular weight excluding hydrogens is 411 g/mol. The number of nitrogens with zero attached hydrogens (tertiary/aromatic N) is 1. The average Bonchev–Trinajstić information content (AvgIpc) is 2.73. The van der Waals surface area contributed by atoms with Crippen molar-refractivity contribution in [2.24, 2.45) is 10.7 Å². The highest BCUT2D eigenvalue weighted by Gasteiger charge is 2.31. The largest absolute Gasteiger partial charge is 0.573 e. The normalized spacial score (nSPS) is 19.3. The summed E-state index contributed by atoms with van der Waals surface area (Å²) in [5.74, 6) is -0.271. The summed E-state index contributed by atoms with van der Waals surface area (Å²) in [5.41, 5.74) is 8.03. The van der Waals surface area contributed by atoms with Crippen LogP contribution in [0.5, 0.6) is 11.5 Å². The molecule has 1 unspecified atom stereocenters. The molecule has 31 heavy (non-hydrogen) atoms. The molecule has 0 spiro atoms. The van der Waals surface area contributed by atoms with Gasteiger partial charge in [-0.05, 0) is 61.7 Å². The first kappa shape index (κ1) is 22.2. The molecule has 164 valence electrons. The van der Waals surface area contributed by atoms with Gasteiger partial charge in [-0.3, -0.25) is 9.79 Å². The number of aliphatic imine (C=N–C) groups is 1. The summed E-state index contributed by atoms with van der Waals surface area (Å²) in [4.78, 5) is 17.3. The Hall–Kier alpha value is -3.49. The van der Waals surface area contributed by atoms with E-state index in [4.69, 9.17) is 10.5 Å². The van der Waals surface area contributed by atoms with E-state index >= 15 is 0 Å². The summed E-state index contributed by atoms with van der Waals surface area (Å²) in [6.07, 6.45) is -1.32. The summed E-state index contributed by atoms with van der Waals surface area (Å²) < 4.78 is 46.4. The lowest BCUT2D eigenvalue weighted by molar-refractivity contribution is -0.274. The van der Waals surface area contributed by atoms with Gasteiger partial charge in [-0.2, -0.15) is 0 Å². The lowest BCUT2D eigenvalue weighted by atomic mass is 9.88. The summed E-state index contributed by atoms with van der Waals surface area (Å²) in [5, 5.41) is 2.84. The van der Waals surface area contributed by atoms with Gasteiger partial charge < -0.3 is 20.5 Å². The number of ether oxygens (including phenoxy) is 2. The minimum Gasteiger partial charge on any atom is -0.497 e. The first-order chi connectivity index (χ1) is 14.8. The molecule has 0 aromatic heterocycles. The lowest BCUT2D eigenvalue weighted by Crippen LogP contribution is -2.41. The number of amides is 1. The van der Waals surface area contributed by atoms with Crippen molar-refractivity contribution in [1.29, 1.82) is 0 Å². The van der Waals surface area contributed by atoms with E-state index in [9.17, 15) is 18.0 Å². The molecule has 0 radical (unpaired) electrons. The maximum absolute atomic E-state index is 12.7.